The molecule has 1 aliphatic rings. The molecule has 0 spiro atoms. The first-order chi connectivity index (χ1) is 9.41. The van der Waals surface area contributed by atoms with Crippen LogP contribution < -0.4 is 16.4 Å². The maximum atomic E-state index is 11.3. The monoisotopic (exact) mass is 278 g/mol. The second kappa shape index (κ2) is 5.36. The smallest absolute Gasteiger partial charge is 0.337 e. The van der Waals surface area contributed by atoms with Gasteiger partial charge in [0.1, 0.15) is 0 Å². The van der Waals surface area contributed by atoms with E-state index in [1.807, 2.05) is 11.8 Å². The molecule has 2 unspecified atom stereocenters. The largest absolute Gasteiger partial charge is 0.478 e. The number of hydrogen-bond donors (Lipinski definition) is 3. The first-order valence-corrected chi connectivity index (χ1v) is 6.45. The third-order valence-electron chi connectivity index (χ3n) is 3.76. The molecule has 2 atom stereocenters. The Balaban J connectivity index is 2.36. The van der Waals surface area contributed by atoms with Gasteiger partial charge in [0.2, 0.25) is 5.91 Å². The number of nitrogens with two attached hydrogens (primary N) is 2. The molecule has 7 heteroatoms. The Bertz CT molecular complexity index is 546. The molecular weight excluding hydrogens is 260 g/mol. The van der Waals surface area contributed by atoms with Crippen molar-refractivity contribution in [3.05, 3.63) is 17.8 Å². The van der Waals surface area contributed by atoms with Gasteiger partial charge in [-0.25, -0.2) is 9.78 Å². The van der Waals surface area contributed by atoms with E-state index in [2.05, 4.69) is 4.98 Å². The number of primary amides is 1. The van der Waals surface area contributed by atoms with E-state index in [0.29, 0.717) is 12.4 Å². The lowest BCUT2D eigenvalue weighted by atomic mass is 9.92. The van der Waals surface area contributed by atoms with Crippen LogP contribution in [0.5, 0.6) is 0 Å². The summed E-state index contributed by atoms with van der Waals surface area (Å²) in [6.07, 6.45) is 2.92. The molecule has 0 aromatic carbocycles. The van der Waals surface area contributed by atoms with Crippen molar-refractivity contribution in [3.63, 3.8) is 0 Å². The summed E-state index contributed by atoms with van der Waals surface area (Å²) in [6.45, 7) is 2.41. The summed E-state index contributed by atoms with van der Waals surface area (Å²) in [6, 6.07) is 1.49. The van der Waals surface area contributed by atoms with Crippen LogP contribution in [0, 0.1) is 5.92 Å². The number of amides is 1. The van der Waals surface area contributed by atoms with Crippen molar-refractivity contribution in [2.45, 2.75) is 25.8 Å². The summed E-state index contributed by atoms with van der Waals surface area (Å²) in [5.41, 5.74) is 11.4. The number of carboxylic acids is 1. The molecule has 1 amide bonds. The minimum atomic E-state index is -1.10. The van der Waals surface area contributed by atoms with Crippen LogP contribution in [0.1, 0.15) is 30.1 Å². The third-order valence-corrected chi connectivity index (χ3v) is 3.76. The number of aromatic nitrogens is 1. The Morgan fingerprint density at radius 3 is 2.75 bits per heavy atom. The lowest BCUT2D eigenvalue weighted by molar-refractivity contribution is -0.122. The van der Waals surface area contributed by atoms with Crippen LogP contribution in [-0.4, -0.2) is 34.6 Å². The maximum absolute atomic E-state index is 11.3. The molecule has 108 valence electrons. The van der Waals surface area contributed by atoms with E-state index in [0.717, 1.165) is 12.8 Å². The molecule has 5 N–H and O–H groups in total. The van der Waals surface area contributed by atoms with E-state index >= 15 is 0 Å². The van der Waals surface area contributed by atoms with Gasteiger partial charge >= 0.3 is 5.97 Å². The highest BCUT2D eigenvalue weighted by Crippen LogP contribution is 2.31. The number of nitrogens with zero attached hydrogens (tertiary/aromatic N) is 2. The van der Waals surface area contributed by atoms with Gasteiger partial charge in [-0.05, 0) is 25.8 Å². The highest BCUT2D eigenvalue weighted by atomic mass is 16.4. The molecule has 20 heavy (non-hydrogen) atoms. The zero-order valence-electron chi connectivity index (χ0n) is 11.2. The van der Waals surface area contributed by atoms with Crippen molar-refractivity contribution in [2.75, 3.05) is 17.2 Å². The number of carboxylic acid groups (broad SMARTS) is 1. The molecule has 1 aliphatic heterocycles. The van der Waals surface area contributed by atoms with Gasteiger partial charge in [-0.2, -0.15) is 0 Å². The molecule has 1 aromatic rings. The van der Waals surface area contributed by atoms with Gasteiger partial charge in [0.05, 0.1) is 17.2 Å². The van der Waals surface area contributed by atoms with Crippen molar-refractivity contribution in [2.24, 2.45) is 11.7 Å². The Kier molecular flexibility index (Phi) is 3.78. The molecular formula is C13H18N4O3. The average Bonchev–Trinajstić information content (AvgIpc) is 2.39. The summed E-state index contributed by atoms with van der Waals surface area (Å²) >= 11 is 0. The first kappa shape index (κ1) is 14.1. The summed E-state index contributed by atoms with van der Waals surface area (Å²) in [5.74, 6) is -1.30. The predicted molar refractivity (Wildman–Crippen MR) is 74.3 cm³/mol. The van der Waals surface area contributed by atoms with Crippen molar-refractivity contribution < 1.29 is 14.7 Å². The van der Waals surface area contributed by atoms with Crippen LogP contribution in [0.2, 0.25) is 0 Å². The van der Waals surface area contributed by atoms with E-state index in [4.69, 9.17) is 16.6 Å². The number of nitrogen functional groups attached to an aromatic ring is 1. The summed E-state index contributed by atoms with van der Waals surface area (Å²) in [4.78, 5) is 28.5. The van der Waals surface area contributed by atoms with Crippen LogP contribution in [0.15, 0.2) is 12.3 Å². The Morgan fingerprint density at radius 1 is 1.45 bits per heavy atom. The SMILES string of the molecule is CC1CCC(C(N)=O)CN1c1nccc(C(=O)O)c1N. The number of carbonyl (C=O) groups excluding carboxylic acids is 1. The van der Waals surface area contributed by atoms with Gasteiger partial charge in [-0.15, -0.1) is 0 Å². The Morgan fingerprint density at radius 2 is 2.15 bits per heavy atom. The normalized spacial score (nSPS) is 22.6. The van der Waals surface area contributed by atoms with Crippen LogP contribution >= 0.6 is 0 Å². The number of rotatable bonds is 3. The van der Waals surface area contributed by atoms with E-state index in [-0.39, 0.29) is 29.1 Å². The standard InChI is InChI=1S/C13H18N4O3/c1-7-2-3-8(11(15)18)6-17(7)12-10(14)9(13(19)20)4-5-16-12/h4-5,7-8H,2-3,6,14H2,1H3,(H2,15,18)(H,19,20). The van der Waals surface area contributed by atoms with Crippen molar-refractivity contribution >= 4 is 23.4 Å². The fourth-order valence-electron chi connectivity index (χ4n) is 2.51. The van der Waals surface area contributed by atoms with Crippen molar-refractivity contribution in [1.29, 1.82) is 0 Å². The number of hydrogen-bond acceptors (Lipinski definition) is 5. The quantitative estimate of drug-likeness (QED) is 0.737. The van der Waals surface area contributed by atoms with Gasteiger partial charge < -0.3 is 21.5 Å². The number of pyridine rings is 1. The van der Waals surface area contributed by atoms with Crippen LogP contribution in [0.25, 0.3) is 0 Å². The molecule has 0 aliphatic carbocycles. The maximum Gasteiger partial charge on any atom is 0.337 e. The molecule has 0 radical (unpaired) electrons. The van der Waals surface area contributed by atoms with Gasteiger partial charge in [0, 0.05) is 18.8 Å². The lowest BCUT2D eigenvalue weighted by Crippen LogP contribution is -2.46. The molecule has 1 fully saturated rings. The second-order valence-electron chi connectivity index (χ2n) is 5.08. The highest BCUT2D eigenvalue weighted by molar-refractivity contribution is 5.96. The van der Waals surface area contributed by atoms with Crippen LogP contribution in [0.4, 0.5) is 11.5 Å². The number of carbonyl (C=O) groups is 2. The summed E-state index contributed by atoms with van der Waals surface area (Å²) < 4.78 is 0. The fourth-order valence-corrected chi connectivity index (χ4v) is 2.51. The number of anilines is 2. The minimum Gasteiger partial charge on any atom is -0.478 e. The molecule has 0 bridgehead atoms. The molecule has 2 heterocycles. The van der Waals surface area contributed by atoms with Gasteiger partial charge in [-0.1, -0.05) is 0 Å². The minimum absolute atomic E-state index is 0.0170. The second-order valence-corrected chi connectivity index (χ2v) is 5.08. The highest BCUT2D eigenvalue weighted by Gasteiger charge is 2.31. The number of aromatic carboxylic acids is 1. The zero-order chi connectivity index (χ0) is 14.9. The number of piperidine rings is 1. The van der Waals surface area contributed by atoms with Crippen molar-refractivity contribution in [1.82, 2.24) is 4.98 Å². The van der Waals surface area contributed by atoms with Crippen LogP contribution in [0.3, 0.4) is 0 Å². The van der Waals surface area contributed by atoms with Crippen LogP contribution in [-0.2, 0) is 4.79 Å². The lowest BCUT2D eigenvalue weighted by Gasteiger charge is -2.38. The van der Waals surface area contributed by atoms with E-state index < -0.39 is 5.97 Å². The van der Waals surface area contributed by atoms with Gasteiger partial charge in [-0.3, -0.25) is 4.79 Å². The Labute approximate surface area is 116 Å². The van der Waals surface area contributed by atoms with Gasteiger partial charge in [0.15, 0.2) is 5.82 Å². The summed E-state index contributed by atoms with van der Waals surface area (Å²) in [5, 5.41) is 9.09. The molecule has 2 rings (SSSR count). The molecule has 0 saturated carbocycles. The predicted octanol–water partition coefficient (Wildman–Crippen LogP) is 0.452. The van der Waals surface area contributed by atoms with Gasteiger partial charge in [0.25, 0.3) is 0 Å². The molecule has 1 saturated heterocycles. The molecule has 1 aromatic heterocycles. The third kappa shape index (κ3) is 2.52. The fraction of sp³-hybridized carbons (Fsp3) is 0.462. The van der Waals surface area contributed by atoms with E-state index in [9.17, 15) is 9.59 Å². The van der Waals surface area contributed by atoms with Crippen molar-refractivity contribution in [3.8, 4) is 0 Å². The van der Waals surface area contributed by atoms with E-state index in [1.54, 1.807) is 0 Å². The molecule has 7 nitrogen and oxygen atoms in total. The van der Waals surface area contributed by atoms with E-state index in [1.165, 1.54) is 12.3 Å². The average molecular weight is 278 g/mol. The zero-order valence-corrected chi connectivity index (χ0v) is 11.2. The Hall–Kier alpha value is -2.31. The topological polar surface area (TPSA) is 123 Å². The first-order valence-electron chi connectivity index (χ1n) is 6.45. The summed E-state index contributed by atoms with van der Waals surface area (Å²) in [7, 11) is 0.